The fourth-order valence-corrected chi connectivity index (χ4v) is 3.04. The molecule has 124 valence electrons. The Bertz CT molecular complexity index is 727. The first kappa shape index (κ1) is 16.2. The Morgan fingerprint density at radius 2 is 1.96 bits per heavy atom. The SMILES string of the molecule is Cc1cccc(NC(=O)C2CC(=O)N(CCc3ccccc3)C2)c1. The molecule has 3 rings (SSSR count). The summed E-state index contributed by atoms with van der Waals surface area (Å²) in [6, 6.07) is 17.8. The van der Waals surface area contributed by atoms with Crippen LogP contribution in [0.4, 0.5) is 5.69 Å². The van der Waals surface area contributed by atoms with Gasteiger partial charge in [0.05, 0.1) is 5.92 Å². The topological polar surface area (TPSA) is 49.4 Å². The van der Waals surface area contributed by atoms with E-state index >= 15 is 0 Å². The molecule has 1 unspecified atom stereocenters. The van der Waals surface area contributed by atoms with E-state index in [1.54, 1.807) is 4.90 Å². The van der Waals surface area contributed by atoms with E-state index < -0.39 is 0 Å². The molecule has 0 aromatic heterocycles. The lowest BCUT2D eigenvalue weighted by Gasteiger charge is -2.16. The van der Waals surface area contributed by atoms with Crippen molar-refractivity contribution in [1.82, 2.24) is 4.90 Å². The molecule has 0 saturated carbocycles. The lowest BCUT2D eigenvalue weighted by Crippen LogP contribution is -2.30. The molecule has 2 aromatic carbocycles. The molecule has 0 bridgehead atoms. The average molecular weight is 322 g/mol. The minimum Gasteiger partial charge on any atom is -0.342 e. The van der Waals surface area contributed by atoms with Gasteiger partial charge in [-0.15, -0.1) is 0 Å². The second-order valence-electron chi connectivity index (χ2n) is 6.34. The number of likely N-dealkylation sites (tertiary alicyclic amines) is 1. The average Bonchev–Trinajstić information content (AvgIpc) is 2.95. The van der Waals surface area contributed by atoms with Crippen molar-refractivity contribution >= 4 is 17.5 Å². The van der Waals surface area contributed by atoms with Gasteiger partial charge in [-0.3, -0.25) is 9.59 Å². The quantitative estimate of drug-likeness (QED) is 0.920. The molecule has 0 spiro atoms. The van der Waals surface area contributed by atoms with Crippen LogP contribution in [0.2, 0.25) is 0 Å². The Morgan fingerprint density at radius 3 is 2.71 bits per heavy atom. The molecule has 1 aliphatic rings. The van der Waals surface area contributed by atoms with Crippen molar-refractivity contribution < 1.29 is 9.59 Å². The van der Waals surface area contributed by atoms with E-state index in [0.717, 1.165) is 17.7 Å². The standard InChI is InChI=1S/C20H22N2O2/c1-15-6-5-9-18(12-15)21-20(24)17-13-19(23)22(14-17)11-10-16-7-3-2-4-8-16/h2-9,12,17H,10-11,13-14H2,1H3,(H,21,24). The highest BCUT2D eigenvalue weighted by Crippen LogP contribution is 2.20. The summed E-state index contributed by atoms with van der Waals surface area (Å²) in [5.74, 6) is -0.278. The van der Waals surface area contributed by atoms with Gasteiger partial charge in [-0.2, -0.15) is 0 Å². The van der Waals surface area contributed by atoms with Crippen LogP contribution in [0.1, 0.15) is 17.5 Å². The third-order valence-corrected chi connectivity index (χ3v) is 4.38. The lowest BCUT2D eigenvalue weighted by atomic mass is 10.1. The first-order valence-corrected chi connectivity index (χ1v) is 8.31. The number of benzene rings is 2. The third-order valence-electron chi connectivity index (χ3n) is 4.38. The van der Waals surface area contributed by atoms with Crippen LogP contribution >= 0.6 is 0 Å². The lowest BCUT2D eigenvalue weighted by molar-refractivity contribution is -0.128. The van der Waals surface area contributed by atoms with Gasteiger partial charge in [-0.25, -0.2) is 0 Å². The van der Waals surface area contributed by atoms with Crippen LogP contribution in [-0.4, -0.2) is 29.8 Å². The number of nitrogens with one attached hydrogen (secondary N) is 1. The molecule has 24 heavy (non-hydrogen) atoms. The second kappa shape index (κ2) is 7.30. The zero-order valence-corrected chi connectivity index (χ0v) is 13.9. The van der Waals surface area contributed by atoms with Gasteiger partial charge in [0.1, 0.15) is 0 Å². The first-order chi connectivity index (χ1) is 11.6. The molecular formula is C20H22N2O2. The summed E-state index contributed by atoms with van der Waals surface area (Å²) in [5.41, 5.74) is 3.09. The molecule has 1 N–H and O–H groups in total. The summed E-state index contributed by atoms with van der Waals surface area (Å²) >= 11 is 0. The molecule has 1 fully saturated rings. The number of anilines is 1. The summed E-state index contributed by atoms with van der Waals surface area (Å²) in [6.45, 7) is 3.15. The maximum absolute atomic E-state index is 12.4. The van der Waals surface area contributed by atoms with Gasteiger partial charge in [0, 0.05) is 25.2 Å². The van der Waals surface area contributed by atoms with Crippen LogP contribution in [0.3, 0.4) is 0 Å². The van der Waals surface area contributed by atoms with Crippen LogP contribution in [0.15, 0.2) is 54.6 Å². The van der Waals surface area contributed by atoms with Gasteiger partial charge in [0.15, 0.2) is 0 Å². The molecule has 2 amide bonds. The normalized spacial score (nSPS) is 17.1. The van der Waals surface area contributed by atoms with E-state index in [4.69, 9.17) is 0 Å². The smallest absolute Gasteiger partial charge is 0.229 e. The minimum absolute atomic E-state index is 0.0651. The summed E-state index contributed by atoms with van der Waals surface area (Å²) in [5, 5.41) is 2.92. The van der Waals surface area contributed by atoms with Crippen LogP contribution in [0, 0.1) is 12.8 Å². The Hall–Kier alpha value is -2.62. The third kappa shape index (κ3) is 4.02. The molecule has 0 radical (unpaired) electrons. The zero-order chi connectivity index (χ0) is 16.9. The number of amides is 2. The minimum atomic E-state index is -0.270. The monoisotopic (exact) mass is 322 g/mol. The van der Waals surface area contributed by atoms with Crippen LogP contribution in [0.5, 0.6) is 0 Å². The number of carbonyl (C=O) groups is 2. The van der Waals surface area contributed by atoms with Crippen molar-refractivity contribution in [3.05, 3.63) is 65.7 Å². The molecule has 1 atom stereocenters. The van der Waals surface area contributed by atoms with Crippen LogP contribution < -0.4 is 5.32 Å². The van der Waals surface area contributed by atoms with E-state index in [9.17, 15) is 9.59 Å². The van der Waals surface area contributed by atoms with Crippen molar-refractivity contribution in [1.29, 1.82) is 0 Å². The Kier molecular flexibility index (Phi) is 4.94. The molecule has 4 heteroatoms. The van der Waals surface area contributed by atoms with E-state index in [1.165, 1.54) is 5.56 Å². The molecule has 1 aliphatic heterocycles. The van der Waals surface area contributed by atoms with Gasteiger partial charge in [0.25, 0.3) is 0 Å². The van der Waals surface area contributed by atoms with Gasteiger partial charge >= 0.3 is 0 Å². The van der Waals surface area contributed by atoms with E-state index in [0.29, 0.717) is 19.5 Å². The largest absolute Gasteiger partial charge is 0.342 e. The van der Waals surface area contributed by atoms with Gasteiger partial charge in [-0.1, -0.05) is 42.5 Å². The number of hydrogen-bond donors (Lipinski definition) is 1. The number of hydrogen-bond acceptors (Lipinski definition) is 2. The summed E-state index contributed by atoms with van der Waals surface area (Å²) in [7, 11) is 0. The second-order valence-corrected chi connectivity index (χ2v) is 6.34. The Labute approximate surface area is 142 Å². The van der Waals surface area contributed by atoms with Gasteiger partial charge < -0.3 is 10.2 Å². The Morgan fingerprint density at radius 1 is 1.17 bits per heavy atom. The zero-order valence-electron chi connectivity index (χ0n) is 13.9. The van der Waals surface area contributed by atoms with Crippen molar-refractivity contribution in [3.8, 4) is 0 Å². The highest BCUT2D eigenvalue weighted by molar-refractivity contribution is 5.97. The number of nitrogens with zero attached hydrogens (tertiary/aromatic N) is 1. The van der Waals surface area contributed by atoms with E-state index in [2.05, 4.69) is 17.4 Å². The highest BCUT2D eigenvalue weighted by atomic mass is 16.2. The Balaban J connectivity index is 1.55. The fourth-order valence-electron chi connectivity index (χ4n) is 3.04. The molecule has 0 aliphatic carbocycles. The molecule has 1 saturated heterocycles. The van der Waals surface area contributed by atoms with Gasteiger partial charge in [0.2, 0.25) is 11.8 Å². The predicted octanol–water partition coefficient (Wildman–Crippen LogP) is 3.02. The molecule has 1 heterocycles. The van der Waals surface area contributed by atoms with Crippen molar-refractivity contribution in [2.24, 2.45) is 5.92 Å². The summed E-state index contributed by atoms with van der Waals surface area (Å²) in [6.07, 6.45) is 1.12. The molecule has 4 nitrogen and oxygen atoms in total. The maximum atomic E-state index is 12.4. The number of rotatable bonds is 5. The summed E-state index contributed by atoms with van der Waals surface area (Å²) in [4.78, 5) is 26.4. The van der Waals surface area contributed by atoms with E-state index in [1.807, 2.05) is 49.4 Å². The van der Waals surface area contributed by atoms with Crippen molar-refractivity contribution in [2.45, 2.75) is 19.8 Å². The van der Waals surface area contributed by atoms with Crippen LogP contribution in [0.25, 0.3) is 0 Å². The molecule has 2 aromatic rings. The number of carbonyl (C=O) groups excluding carboxylic acids is 2. The highest BCUT2D eigenvalue weighted by Gasteiger charge is 2.33. The predicted molar refractivity (Wildman–Crippen MR) is 94.6 cm³/mol. The fraction of sp³-hybridized carbons (Fsp3) is 0.300. The molecular weight excluding hydrogens is 300 g/mol. The summed E-state index contributed by atoms with van der Waals surface area (Å²) < 4.78 is 0. The maximum Gasteiger partial charge on any atom is 0.229 e. The van der Waals surface area contributed by atoms with Crippen molar-refractivity contribution in [3.63, 3.8) is 0 Å². The van der Waals surface area contributed by atoms with E-state index in [-0.39, 0.29) is 17.7 Å². The van der Waals surface area contributed by atoms with Gasteiger partial charge in [-0.05, 0) is 36.6 Å². The van der Waals surface area contributed by atoms with Crippen molar-refractivity contribution in [2.75, 3.05) is 18.4 Å². The first-order valence-electron chi connectivity index (χ1n) is 8.31. The van der Waals surface area contributed by atoms with Crippen LogP contribution in [-0.2, 0) is 16.0 Å². The number of aryl methyl sites for hydroxylation is 1.